The average Bonchev–Trinajstić information content (AvgIpc) is 3.26. The van der Waals surface area contributed by atoms with Crippen LogP contribution in [-0.4, -0.2) is 84.7 Å². The van der Waals surface area contributed by atoms with Gasteiger partial charge in [-0.15, -0.1) is 0 Å². The predicted octanol–water partition coefficient (Wildman–Crippen LogP) is 1.85. The highest BCUT2D eigenvalue weighted by atomic mass is 16.5. The van der Waals surface area contributed by atoms with Crippen LogP contribution in [-0.2, 0) is 11.3 Å². The Balaban J connectivity index is 1.52. The number of carbonyl (C=O) groups is 2. The molecule has 0 unspecified atom stereocenters. The van der Waals surface area contributed by atoms with Gasteiger partial charge < -0.3 is 29.7 Å². The number of hydrogen-bond donors (Lipinski definition) is 5. The molecule has 5 rings (SSSR count). The Morgan fingerprint density at radius 3 is 2.49 bits per heavy atom. The van der Waals surface area contributed by atoms with Gasteiger partial charge in [0, 0.05) is 23.6 Å². The van der Waals surface area contributed by atoms with Gasteiger partial charge in [-0.05, 0) is 34.5 Å². The second kappa shape index (κ2) is 9.92. The Morgan fingerprint density at radius 1 is 1.00 bits per heavy atom. The van der Waals surface area contributed by atoms with Crippen molar-refractivity contribution in [2.24, 2.45) is 0 Å². The van der Waals surface area contributed by atoms with E-state index in [9.17, 15) is 35.2 Å². The summed E-state index contributed by atoms with van der Waals surface area (Å²) in [5.41, 5.74) is 1.52. The van der Waals surface area contributed by atoms with Crippen LogP contribution in [0.25, 0.3) is 21.7 Å². The normalized spacial score (nSPS) is 21.8. The maximum Gasteiger partial charge on any atom is 0.335 e. The van der Waals surface area contributed by atoms with Crippen molar-refractivity contribution in [3.63, 3.8) is 0 Å². The number of aliphatic hydroxyl groups is 3. The zero-order valence-electron chi connectivity index (χ0n) is 19.6. The summed E-state index contributed by atoms with van der Waals surface area (Å²) in [6, 6.07) is 16.9. The van der Waals surface area contributed by atoms with E-state index in [0.29, 0.717) is 22.5 Å². The number of benzene rings is 3. The molecule has 4 aromatic rings. The topological polar surface area (TPSA) is 153 Å². The molecule has 2 heterocycles. The van der Waals surface area contributed by atoms with Crippen LogP contribution in [0.2, 0.25) is 0 Å². The van der Waals surface area contributed by atoms with Crippen LogP contribution < -0.4 is 0 Å². The fourth-order valence-electron chi connectivity index (χ4n) is 4.78. The number of amides is 1. The molecule has 192 valence electrons. The van der Waals surface area contributed by atoms with Crippen LogP contribution in [0.4, 0.5) is 0 Å². The SMILES string of the molecule is O=C(O)c1ccc2c(C(=O)N(O)[C@@H]3CO[C@H](CO)[C@@H](O)[C@@H]3O)cn(Cc3ccc4ccccc4c3)c2c1. The summed E-state index contributed by atoms with van der Waals surface area (Å²) >= 11 is 0. The summed E-state index contributed by atoms with van der Waals surface area (Å²) in [6.45, 7) is -0.502. The van der Waals surface area contributed by atoms with Crippen LogP contribution >= 0.6 is 0 Å². The van der Waals surface area contributed by atoms with E-state index in [4.69, 9.17) is 4.74 Å². The molecule has 1 aliphatic heterocycles. The van der Waals surface area contributed by atoms with Crippen molar-refractivity contribution >= 4 is 33.6 Å². The Morgan fingerprint density at radius 2 is 1.76 bits per heavy atom. The highest BCUT2D eigenvalue weighted by Crippen LogP contribution is 2.28. The van der Waals surface area contributed by atoms with Gasteiger partial charge in [0.05, 0.1) is 24.3 Å². The first-order chi connectivity index (χ1) is 17.8. The van der Waals surface area contributed by atoms with E-state index in [1.165, 1.54) is 24.4 Å². The summed E-state index contributed by atoms with van der Waals surface area (Å²) in [5.74, 6) is -1.97. The molecule has 37 heavy (non-hydrogen) atoms. The zero-order valence-corrected chi connectivity index (χ0v) is 19.6. The molecular formula is C27H26N2O8. The number of ether oxygens (including phenoxy) is 1. The van der Waals surface area contributed by atoms with Gasteiger partial charge in [-0.1, -0.05) is 42.5 Å². The molecule has 1 aliphatic rings. The molecule has 0 aliphatic carbocycles. The van der Waals surface area contributed by atoms with E-state index < -0.39 is 42.8 Å². The van der Waals surface area contributed by atoms with Crippen LogP contribution in [0, 0.1) is 0 Å². The first-order valence-corrected chi connectivity index (χ1v) is 11.7. The Labute approximate surface area is 211 Å². The highest BCUT2D eigenvalue weighted by Gasteiger charge is 2.43. The lowest BCUT2D eigenvalue weighted by atomic mass is 9.97. The lowest BCUT2D eigenvalue weighted by Gasteiger charge is -2.39. The Bertz CT molecular complexity index is 1480. The minimum Gasteiger partial charge on any atom is -0.478 e. The standard InChI is InChI=1S/C27H26N2O8/c30-13-23-25(32)24(31)22(14-37-23)29(36)26(33)20-12-28(21-10-18(27(34)35)7-8-19(20)21)11-15-5-6-16-3-1-2-4-17(16)9-15/h1-10,12,22-25,30-32,36H,11,13-14H2,(H,34,35)/t22-,23-,24-,25-/m1/s1. The fraction of sp³-hybridized carbons (Fsp3) is 0.259. The van der Waals surface area contributed by atoms with Gasteiger partial charge in [-0.3, -0.25) is 10.0 Å². The number of carbonyl (C=O) groups excluding carboxylic acids is 1. The molecule has 1 aromatic heterocycles. The largest absolute Gasteiger partial charge is 0.478 e. The third-order valence-electron chi connectivity index (χ3n) is 6.83. The van der Waals surface area contributed by atoms with Gasteiger partial charge in [0.1, 0.15) is 24.4 Å². The second-order valence-electron chi connectivity index (χ2n) is 9.14. The molecule has 0 spiro atoms. The zero-order chi connectivity index (χ0) is 26.3. The molecule has 10 heteroatoms. The fourth-order valence-corrected chi connectivity index (χ4v) is 4.78. The Kier molecular flexibility index (Phi) is 6.67. The van der Waals surface area contributed by atoms with Crippen molar-refractivity contribution in [3.05, 3.63) is 83.6 Å². The molecule has 5 N–H and O–H groups in total. The van der Waals surface area contributed by atoms with Crippen molar-refractivity contribution in [2.45, 2.75) is 30.9 Å². The number of aromatic carboxylic acids is 1. The van der Waals surface area contributed by atoms with E-state index in [0.717, 1.165) is 16.3 Å². The van der Waals surface area contributed by atoms with Gasteiger partial charge in [0.2, 0.25) is 0 Å². The number of carboxylic acid groups (broad SMARTS) is 1. The minimum atomic E-state index is -1.55. The Hall–Kier alpha value is -3.80. The van der Waals surface area contributed by atoms with Gasteiger partial charge in [-0.25, -0.2) is 9.86 Å². The summed E-state index contributed by atoms with van der Waals surface area (Å²) in [7, 11) is 0. The van der Waals surface area contributed by atoms with Crippen molar-refractivity contribution in [2.75, 3.05) is 13.2 Å². The van der Waals surface area contributed by atoms with Crippen molar-refractivity contribution in [1.82, 2.24) is 9.63 Å². The molecule has 0 saturated carbocycles. The van der Waals surface area contributed by atoms with E-state index >= 15 is 0 Å². The summed E-state index contributed by atoms with van der Waals surface area (Å²) < 4.78 is 7.03. The molecule has 0 bridgehead atoms. The summed E-state index contributed by atoms with van der Waals surface area (Å²) in [6.07, 6.45) is -2.56. The monoisotopic (exact) mass is 506 g/mol. The van der Waals surface area contributed by atoms with E-state index in [1.54, 1.807) is 4.57 Å². The number of hydroxylamine groups is 2. The van der Waals surface area contributed by atoms with E-state index in [2.05, 4.69) is 0 Å². The maximum absolute atomic E-state index is 13.4. The minimum absolute atomic E-state index is 0.0412. The first kappa shape index (κ1) is 24.9. The molecular weight excluding hydrogens is 480 g/mol. The molecule has 1 amide bonds. The number of aromatic nitrogens is 1. The molecule has 4 atom stereocenters. The van der Waals surface area contributed by atoms with Crippen LogP contribution in [0.15, 0.2) is 66.9 Å². The van der Waals surface area contributed by atoms with Crippen molar-refractivity contribution < 1.29 is 40.0 Å². The average molecular weight is 507 g/mol. The van der Waals surface area contributed by atoms with Gasteiger partial charge in [-0.2, -0.15) is 0 Å². The molecule has 10 nitrogen and oxygen atoms in total. The lowest BCUT2D eigenvalue weighted by Crippen LogP contribution is -2.60. The summed E-state index contributed by atoms with van der Waals surface area (Å²) in [5, 5.41) is 52.9. The molecule has 3 aromatic carbocycles. The first-order valence-electron chi connectivity index (χ1n) is 11.7. The number of hydrogen-bond acceptors (Lipinski definition) is 7. The van der Waals surface area contributed by atoms with Crippen LogP contribution in [0.1, 0.15) is 26.3 Å². The number of fused-ring (bicyclic) bond motifs is 2. The summed E-state index contributed by atoms with van der Waals surface area (Å²) in [4.78, 5) is 25.0. The second-order valence-corrected chi connectivity index (χ2v) is 9.14. The third kappa shape index (κ3) is 4.57. The number of rotatable bonds is 6. The molecule has 0 radical (unpaired) electrons. The van der Waals surface area contributed by atoms with Gasteiger partial charge in [0.15, 0.2) is 0 Å². The third-order valence-corrected chi connectivity index (χ3v) is 6.83. The maximum atomic E-state index is 13.4. The van der Waals surface area contributed by atoms with Crippen molar-refractivity contribution in [1.29, 1.82) is 0 Å². The number of nitrogens with zero attached hydrogens (tertiary/aromatic N) is 2. The van der Waals surface area contributed by atoms with Crippen LogP contribution in [0.5, 0.6) is 0 Å². The van der Waals surface area contributed by atoms with Gasteiger partial charge in [0.25, 0.3) is 5.91 Å². The smallest absolute Gasteiger partial charge is 0.335 e. The predicted molar refractivity (Wildman–Crippen MR) is 133 cm³/mol. The van der Waals surface area contributed by atoms with Crippen LogP contribution in [0.3, 0.4) is 0 Å². The van der Waals surface area contributed by atoms with E-state index in [1.807, 2.05) is 42.5 Å². The number of aliphatic hydroxyl groups excluding tert-OH is 3. The molecule has 1 fully saturated rings. The number of carboxylic acids is 1. The van der Waals surface area contributed by atoms with Crippen molar-refractivity contribution in [3.8, 4) is 0 Å². The lowest BCUT2D eigenvalue weighted by molar-refractivity contribution is -0.218. The quantitative estimate of drug-likeness (QED) is 0.196. The van der Waals surface area contributed by atoms with E-state index in [-0.39, 0.29) is 17.7 Å². The van der Waals surface area contributed by atoms with Gasteiger partial charge >= 0.3 is 5.97 Å². The molecule has 1 saturated heterocycles. The highest BCUT2D eigenvalue weighted by molar-refractivity contribution is 6.08.